The quantitative estimate of drug-likeness (QED) is 0.411. The molecule has 0 spiro atoms. The van der Waals surface area contributed by atoms with Gasteiger partial charge in [-0.15, -0.1) is 0 Å². The van der Waals surface area contributed by atoms with Crippen molar-refractivity contribution in [3.63, 3.8) is 0 Å². The summed E-state index contributed by atoms with van der Waals surface area (Å²) in [5.41, 5.74) is 6.45. The SMILES string of the molecule is O=C(COc1ccccc1-c1ccccc1)NNC(=O)c1ccc[n+]([O-])c1. The molecule has 0 aliphatic heterocycles. The largest absolute Gasteiger partial charge is 0.619 e. The van der Waals surface area contributed by atoms with E-state index in [1.54, 1.807) is 6.07 Å². The van der Waals surface area contributed by atoms with E-state index in [0.717, 1.165) is 17.3 Å². The summed E-state index contributed by atoms with van der Waals surface area (Å²) >= 11 is 0. The lowest BCUT2D eigenvalue weighted by atomic mass is 10.1. The third-order valence-electron chi connectivity index (χ3n) is 3.68. The van der Waals surface area contributed by atoms with Crippen molar-refractivity contribution in [1.29, 1.82) is 0 Å². The molecule has 0 radical (unpaired) electrons. The third-order valence-corrected chi connectivity index (χ3v) is 3.68. The first kappa shape index (κ1) is 17.9. The van der Waals surface area contributed by atoms with Crippen LogP contribution in [-0.2, 0) is 4.79 Å². The number of amides is 2. The average Bonchev–Trinajstić information content (AvgIpc) is 2.71. The van der Waals surface area contributed by atoms with E-state index in [1.807, 2.05) is 48.5 Å². The Bertz CT molecular complexity index is 945. The van der Waals surface area contributed by atoms with Crippen molar-refractivity contribution in [2.24, 2.45) is 0 Å². The molecule has 0 fully saturated rings. The maximum absolute atomic E-state index is 11.9. The summed E-state index contributed by atoms with van der Waals surface area (Å²) in [4.78, 5) is 23.8. The number of ether oxygens (including phenoxy) is 1. The Hall–Kier alpha value is -3.87. The lowest BCUT2D eigenvalue weighted by Crippen LogP contribution is -2.44. The minimum absolute atomic E-state index is 0.128. The van der Waals surface area contributed by atoms with Gasteiger partial charge in [0.05, 0.1) is 0 Å². The second-order valence-electron chi connectivity index (χ2n) is 5.61. The van der Waals surface area contributed by atoms with Crippen LogP contribution in [0, 0.1) is 5.21 Å². The van der Waals surface area contributed by atoms with E-state index in [0.29, 0.717) is 10.5 Å². The number of hydrogen-bond donors (Lipinski definition) is 2. The van der Waals surface area contributed by atoms with Gasteiger partial charge in [-0.1, -0.05) is 48.5 Å². The molecular formula is C20H17N3O4. The van der Waals surface area contributed by atoms with Crippen LogP contribution < -0.4 is 20.3 Å². The number of pyridine rings is 1. The molecule has 0 saturated heterocycles. The van der Waals surface area contributed by atoms with Gasteiger partial charge in [0.15, 0.2) is 19.0 Å². The third kappa shape index (κ3) is 4.82. The van der Waals surface area contributed by atoms with Gasteiger partial charge in [-0.3, -0.25) is 20.4 Å². The first-order valence-electron chi connectivity index (χ1n) is 8.19. The molecule has 1 aromatic heterocycles. The average molecular weight is 363 g/mol. The van der Waals surface area contributed by atoms with Crippen molar-refractivity contribution < 1.29 is 19.1 Å². The van der Waals surface area contributed by atoms with E-state index >= 15 is 0 Å². The fourth-order valence-corrected chi connectivity index (χ4v) is 2.42. The van der Waals surface area contributed by atoms with Crippen molar-refractivity contribution in [1.82, 2.24) is 10.9 Å². The summed E-state index contributed by atoms with van der Waals surface area (Å²) in [6, 6.07) is 19.9. The van der Waals surface area contributed by atoms with Gasteiger partial charge in [0.1, 0.15) is 11.3 Å². The summed E-state index contributed by atoms with van der Waals surface area (Å²) in [6.45, 7) is -0.277. The van der Waals surface area contributed by atoms with Crippen LogP contribution in [0.4, 0.5) is 0 Å². The van der Waals surface area contributed by atoms with Gasteiger partial charge in [-0.25, -0.2) is 0 Å². The van der Waals surface area contributed by atoms with E-state index in [-0.39, 0.29) is 12.2 Å². The fourth-order valence-electron chi connectivity index (χ4n) is 2.42. The highest BCUT2D eigenvalue weighted by molar-refractivity contribution is 5.95. The molecule has 2 aromatic carbocycles. The first-order valence-corrected chi connectivity index (χ1v) is 8.19. The van der Waals surface area contributed by atoms with Gasteiger partial charge < -0.3 is 9.94 Å². The highest BCUT2D eigenvalue weighted by Crippen LogP contribution is 2.29. The maximum atomic E-state index is 11.9. The minimum Gasteiger partial charge on any atom is -0.619 e. The first-order chi connectivity index (χ1) is 13.1. The number of carbonyl (C=O) groups excluding carboxylic acids is 2. The molecular weight excluding hydrogens is 346 g/mol. The van der Waals surface area contributed by atoms with Gasteiger partial charge in [-0.2, -0.15) is 4.73 Å². The van der Waals surface area contributed by atoms with Crippen molar-refractivity contribution in [2.45, 2.75) is 0 Å². The van der Waals surface area contributed by atoms with Gasteiger partial charge in [-0.05, 0) is 17.7 Å². The second kappa shape index (κ2) is 8.48. The molecule has 2 N–H and O–H groups in total. The zero-order chi connectivity index (χ0) is 19.1. The van der Waals surface area contributed by atoms with E-state index in [1.165, 1.54) is 18.3 Å². The normalized spacial score (nSPS) is 10.1. The molecule has 0 bridgehead atoms. The monoisotopic (exact) mass is 363 g/mol. The van der Waals surface area contributed by atoms with Crippen LogP contribution in [0.2, 0.25) is 0 Å². The van der Waals surface area contributed by atoms with Crippen LogP contribution in [0.25, 0.3) is 11.1 Å². The van der Waals surface area contributed by atoms with E-state index < -0.39 is 11.8 Å². The van der Waals surface area contributed by atoms with Gasteiger partial charge in [0.25, 0.3) is 11.8 Å². The lowest BCUT2D eigenvalue weighted by Gasteiger charge is -2.12. The zero-order valence-electron chi connectivity index (χ0n) is 14.3. The van der Waals surface area contributed by atoms with E-state index in [2.05, 4.69) is 10.9 Å². The molecule has 0 unspecified atom stereocenters. The number of benzene rings is 2. The van der Waals surface area contributed by atoms with Crippen LogP contribution in [0.3, 0.4) is 0 Å². The Kier molecular flexibility index (Phi) is 5.64. The highest BCUT2D eigenvalue weighted by atomic mass is 16.5. The number of nitrogens with one attached hydrogen (secondary N) is 2. The topological polar surface area (TPSA) is 94.4 Å². The van der Waals surface area contributed by atoms with Crippen molar-refractivity contribution in [3.8, 4) is 16.9 Å². The number of hydrogen-bond acceptors (Lipinski definition) is 4. The number of carbonyl (C=O) groups is 2. The van der Waals surface area contributed by atoms with Crippen LogP contribution >= 0.6 is 0 Å². The summed E-state index contributed by atoms with van der Waals surface area (Å²) in [7, 11) is 0. The zero-order valence-corrected chi connectivity index (χ0v) is 14.3. The van der Waals surface area contributed by atoms with Crippen LogP contribution in [0.5, 0.6) is 5.75 Å². The van der Waals surface area contributed by atoms with Crippen molar-refractivity contribution >= 4 is 11.8 Å². The minimum atomic E-state index is -0.599. The van der Waals surface area contributed by atoms with Crippen LogP contribution in [-0.4, -0.2) is 18.4 Å². The summed E-state index contributed by atoms with van der Waals surface area (Å²) in [5.74, 6) is -0.573. The number of aromatic nitrogens is 1. The second-order valence-corrected chi connectivity index (χ2v) is 5.61. The molecule has 136 valence electrons. The molecule has 7 nitrogen and oxygen atoms in total. The Morgan fingerprint density at radius 3 is 2.44 bits per heavy atom. The number of hydrazine groups is 1. The predicted molar refractivity (Wildman–Crippen MR) is 98.4 cm³/mol. The van der Waals surface area contributed by atoms with Gasteiger partial charge >= 0.3 is 0 Å². The maximum Gasteiger partial charge on any atom is 0.276 e. The Labute approximate surface area is 155 Å². The number of para-hydroxylation sites is 1. The van der Waals surface area contributed by atoms with Crippen molar-refractivity contribution in [2.75, 3.05) is 6.61 Å². The Morgan fingerprint density at radius 2 is 1.67 bits per heavy atom. The Balaban J connectivity index is 1.56. The molecule has 1 heterocycles. The number of nitrogens with zero attached hydrogens (tertiary/aromatic N) is 1. The molecule has 0 aliphatic rings. The van der Waals surface area contributed by atoms with E-state index in [4.69, 9.17) is 4.74 Å². The predicted octanol–water partition coefficient (Wildman–Crippen LogP) is 1.83. The molecule has 0 atom stereocenters. The molecule has 0 aliphatic carbocycles. The molecule has 3 rings (SSSR count). The van der Waals surface area contributed by atoms with Gasteiger partial charge in [0, 0.05) is 11.6 Å². The molecule has 7 heteroatoms. The lowest BCUT2D eigenvalue weighted by molar-refractivity contribution is -0.605. The molecule has 3 aromatic rings. The smallest absolute Gasteiger partial charge is 0.276 e. The summed E-state index contributed by atoms with van der Waals surface area (Å²) in [5, 5.41) is 11.2. The molecule has 27 heavy (non-hydrogen) atoms. The Morgan fingerprint density at radius 1 is 0.926 bits per heavy atom. The molecule has 0 saturated carbocycles. The van der Waals surface area contributed by atoms with Crippen molar-refractivity contribution in [3.05, 3.63) is 89.9 Å². The standard InChI is InChI=1S/C20H17N3O4/c24-19(21-22-20(25)16-9-6-12-23(26)13-16)14-27-18-11-5-4-10-17(18)15-7-2-1-3-8-15/h1-13H,14H2,(H,21,24)(H,22,25). The number of rotatable bonds is 5. The van der Waals surface area contributed by atoms with Crippen LogP contribution in [0.1, 0.15) is 10.4 Å². The summed E-state index contributed by atoms with van der Waals surface area (Å²) in [6.07, 6.45) is 2.36. The fraction of sp³-hybridized carbons (Fsp3) is 0.0500. The van der Waals surface area contributed by atoms with E-state index in [9.17, 15) is 14.8 Å². The summed E-state index contributed by atoms with van der Waals surface area (Å²) < 4.78 is 6.09. The highest BCUT2D eigenvalue weighted by Gasteiger charge is 2.11. The van der Waals surface area contributed by atoms with Gasteiger partial charge in [0.2, 0.25) is 0 Å². The molecule has 2 amide bonds. The van der Waals surface area contributed by atoms with Crippen LogP contribution in [0.15, 0.2) is 79.1 Å².